The van der Waals surface area contributed by atoms with Gasteiger partial charge in [-0.05, 0) is 12.1 Å². The van der Waals surface area contributed by atoms with Gasteiger partial charge < -0.3 is 5.32 Å². The minimum absolute atomic E-state index is 0.133. The van der Waals surface area contributed by atoms with E-state index in [1.54, 1.807) is 12.1 Å². The van der Waals surface area contributed by atoms with Gasteiger partial charge >= 0.3 is 0 Å². The maximum atomic E-state index is 13.2. The summed E-state index contributed by atoms with van der Waals surface area (Å²) >= 11 is 0. The normalized spacial score (nSPS) is 14.6. The molecule has 2 rings (SSSR count). The quantitative estimate of drug-likeness (QED) is 0.759. The topological polar surface area (TPSA) is 41.5 Å². The van der Waals surface area contributed by atoms with Crippen molar-refractivity contribution in [2.24, 2.45) is 4.99 Å². The number of Topliss-reactive ketones (excluding diaryl/α,β-unsaturated/α-hetero) is 1. The van der Waals surface area contributed by atoms with Gasteiger partial charge in [0.25, 0.3) is 0 Å². The summed E-state index contributed by atoms with van der Waals surface area (Å²) in [5, 5.41) is 2.98. The van der Waals surface area contributed by atoms with Crippen LogP contribution < -0.4 is 5.32 Å². The van der Waals surface area contributed by atoms with Crippen molar-refractivity contribution < 1.29 is 9.18 Å². The third-order valence-corrected chi connectivity index (χ3v) is 2.25. The van der Waals surface area contributed by atoms with Crippen molar-refractivity contribution in [2.45, 2.75) is 6.42 Å². The van der Waals surface area contributed by atoms with Gasteiger partial charge in [-0.2, -0.15) is 0 Å². The minimum Gasteiger partial charge on any atom is -0.372 e. The predicted octanol–water partition coefficient (Wildman–Crippen LogP) is 1.40. The van der Waals surface area contributed by atoms with E-state index in [1.807, 2.05) is 0 Å². The number of nitrogens with zero attached hydrogens (tertiary/aromatic N) is 1. The SMILES string of the molecule is O=C(CC1=NCCN1)c1ccccc1F. The third-order valence-electron chi connectivity index (χ3n) is 2.25. The molecule has 0 spiro atoms. The van der Waals surface area contributed by atoms with Gasteiger partial charge in [-0.3, -0.25) is 9.79 Å². The van der Waals surface area contributed by atoms with E-state index in [9.17, 15) is 9.18 Å². The molecule has 0 fully saturated rings. The van der Waals surface area contributed by atoms with Crippen LogP contribution in [0, 0.1) is 5.82 Å². The van der Waals surface area contributed by atoms with Gasteiger partial charge in [0.15, 0.2) is 5.78 Å². The highest BCUT2D eigenvalue weighted by Crippen LogP contribution is 2.09. The van der Waals surface area contributed by atoms with Crippen molar-refractivity contribution in [3.8, 4) is 0 Å². The number of amidine groups is 1. The highest BCUT2D eigenvalue weighted by molar-refractivity contribution is 6.09. The van der Waals surface area contributed by atoms with Gasteiger partial charge in [-0.1, -0.05) is 12.1 Å². The molecule has 1 aliphatic heterocycles. The largest absolute Gasteiger partial charge is 0.372 e. The summed E-state index contributed by atoms with van der Waals surface area (Å²) in [5.74, 6) is -0.0504. The van der Waals surface area contributed by atoms with Crippen LogP contribution >= 0.6 is 0 Å². The van der Waals surface area contributed by atoms with E-state index in [1.165, 1.54) is 12.1 Å². The Kier molecular flexibility index (Phi) is 2.76. The van der Waals surface area contributed by atoms with E-state index >= 15 is 0 Å². The number of aliphatic imine (C=N–C) groups is 1. The molecule has 0 saturated heterocycles. The first kappa shape index (κ1) is 9.83. The molecule has 0 amide bonds. The summed E-state index contributed by atoms with van der Waals surface area (Å²) in [6, 6.07) is 6.00. The lowest BCUT2D eigenvalue weighted by Gasteiger charge is -2.02. The molecular weight excluding hydrogens is 195 g/mol. The van der Waals surface area contributed by atoms with E-state index in [0.29, 0.717) is 12.4 Å². The molecule has 1 heterocycles. The second-order valence-electron chi connectivity index (χ2n) is 3.33. The summed E-state index contributed by atoms with van der Waals surface area (Å²) in [5.41, 5.74) is 0.133. The van der Waals surface area contributed by atoms with Crippen LogP contribution in [0.5, 0.6) is 0 Å². The molecule has 1 aliphatic rings. The maximum absolute atomic E-state index is 13.2. The lowest BCUT2D eigenvalue weighted by molar-refractivity contribution is 0.0996. The van der Waals surface area contributed by atoms with Crippen LogP contribution in [-0.2, 0) is 0 Å². The number of hydrogen-bond donors (Lipinski definition) is 1. The molecular formula is C11H11FN2O. The average molecular weight is 206 g/mol. The summed E-state index contributed by atoms with van der Waals surface area (Å²) < 4.78 is 13.2. The number of halogens is 1. The summed E-state index contributed by atoms with van der Waals surface area (Å²) in [6.45, 7) is 1.46. The first-order valence-electron chi connectivity index (χ1n) is 4.82. The number of carbonyl (C=O) groups is 1. The van der Waals surface area contributed by atoms with Crippen molar-refractivity contribution in [3.63, 3.8) is 0 Å². The Hall–Kier alpha value is -1.71. The molecule has 0 saturated carbocycles. The molecule has 1 aromatic carbocycles. The molecule has 1 aromatic rings. The lowest BCUT2D eigenvalue weighted by atomic mass is 10.1. The van der Waals surface area contributed by atoms with Crippen LogP contribution in [0.15, 0.2) is 29.3 Å². The lowest BCUT2D eigenvalue weighted by Crippen LogP contribution is -2.22. The number of benzene rings is 1. The summed E-state index contributed by atoms with van der Waals surface area (Å²) in [4.78, 5) is 15.8. The van der Waals surface area contributed by atoms with Gasteiger partial charge in [0.1, 0.15) is 11.7 Å². The smallest absolute Gasteiger partial charge is 0.173 e. The fourth-order valence-corrected chi connectivity index (χ4v) is 1.50. The van der Waals surface area contributed by atoms with Crippen molar-refractivity contribution in [1.29, 1.82) is 0 Å². The van der Waals surface area contributed by atoms with E-state index in [-0.39, 0.29) is 17.8 Å². The molecule has 0 unspecified atom stereocenters. The first-order valence-corrected chi connectivity index (χ1v) is 4.82. The van der Waals surface area contributed by atoms with E-state index in [2.05, 4.69) is 10.3 Å². The molecule has 0 radical (unpaired) electrons. The molecule has 15 heavy (non-hydrogen) atoms. The Labute approximate surface area is 87.0 Å². The molecule has 3 nitrogen and oxygen atoms in total. The fraction of sp³-hybridized carbons (Fsp3) is 0.273. The molecule has 0 bridgehead atoms. The number of hydrogen-bond acceptors (Lipinski definition) is 3. The summed E-state index contributed by atoms with van der Waals surface area (Å²) in [7, 11) is 0. The predicted molar refractivity (Wildman–Crippen MR) is 55.7 cm³/mol. The Morgan fingerprint density at radius 3 is 2.93 bits per heavy atom. The van der Waals surface area contributed by atoms with Gasteiger partial charge in [0, 0.05) is 6.54 Å². The Morgan fingerprint density at radius 1 is 1.47 bits per heavy atom. The molecule has 4 heteroatoms. The Balaban J connectivity index is 2.11. The maximum Gasteiger partial charge on any atom is 0.173 e. The van der Waals surface area contributed by atoms with Crippen LogP contribution in [0.4, 0.5) is 4.39 Å². The molecule has 0 atom stereocenters. The van der Waals surface area contributed by atoms with Crippen LogP contribution in [0.1, 0.15) is 16.8 Å². The van der Waals surface area contributed by atoms with Crippen molar-refractivity contribution in [1.82, 2.24) is 5.32 Å². The van der Waals surface area contributed by atoms with Crippen molar-refractivity contribution in [2.75, 3.05) is 13.1 Å². The second-order valence-corrected chi connectivity index (χ2v) is 3.33. The average Bonchev–Trinajstić information content (AvgIpc) is 2.71. The first-order chi connectivity index (χ1) is 7.27. The van der Waals surface area contributed by atoms with Crippen molar-refractivity contribution in [3.05, 3.63) is 35.6 Å². The van der Waals surface area contributed by atoms with Gasteiger partial charge in [-0.15, -0.1) is 0 Å². The van der Waals surface area contributed by atoms with E-state index in [4.69, 9.17) is 0 Å². The minimum atomic E-state index is -0.471. The standard InChI is InChI=1S/C11H11FN2O/c12-9-4-2-1-3-8(9)10(15)7-11-13-5-6-14-11/h1-4H,5-7H2,(H,13,14). The van der Waals surface area contributed by atoms with Crippen molar-refractivity contribution >= 4 is 11.6 Å². The molecule has 78 valence electrons. The zero-order chi connectivity index (χ0) is 10.7. The number of ketones is 1. The fourth-order valence-electron chi connectivity index (χ4n) is 1.50. The van der Waals surface area contributed by atoms with E-state index in [0.717, 1.165) is 6.54 Å². The third kappa shape index (κ3) is 2.21. The number of carbonyl (C=O) groups excluding carboxylic acids is 1. The zero-order valence-corrected chi connectivity index (χ0v) is 8.16. The highest BCUT2D eigenvalue weighted by atomic mass is 19.1. The summed E-state index contributed by atoms with van der Waals surface area (Å²) in [6.07, 6.45) is 0.154. The van der Waals surface area contributed by atoms with Crippen LogP contribution in [0.25, 0.3) is 0 Å². The van der Waals surface area contributed by atoms with Crippen LogP contribution in [0.3, 0.4) is 0 Å². The van der Waals surface area contributed by atoms with Crippen LogP contribution in [0.2, 0.25) is 0 Å². The van der Waals surface area contributed by atoms with E-state index < -0.39 is 5.82 Å². The molecule has 0 aromatic heterocycles. The molecule has 1 N–H and O–H groups in total. The van der Waals surface area contributed by atoms with Crippen LogP contribution in [-0.4, -0.2) is 24.7 Å². The Morgan fingerprint density at radius 2 is 2.27 bits per heavy atom. The second kappa shape index (κ2) is 4.21. The Bertz CT molecular complexity index is 415. The molecule has 0 aliphatic carbocycles. The number of rotatable bonds is 3. The monoisotopic (exact) mass is 206 g/mol. The zero-order valence-electron chi connectivity index (χ0n) is 8.16. The van der Waals surface area contributed by atoms with Gasteiger partial charge in [-0.25, -0.2) is 4.39 Å². The van der Waals surface area contributed by atoms with Gasteiger partial charge in [0.05, 0.1) is 18.5 Å². The highest BCUT2D eigenvalue weighted by Gasteiger charge is 2.15. The number of nitrogens with one attached hydrogen (secondary N) is 1. The van der Waals surface area contributed by atoms with Gasteiger partial charge in [0.2, 0.25) is 0 Å².